The molecule has 0 rings (SSSR count). The van der Waals surface area contributed by atoms with Gasteiger partial charge in [-0.25, -0.2) is 0 Å². The lowest BCUT2D eigenvalue weighted by molar-refractivity contribution is -0.138. The van der Waals surface area contributed by atoms with Crippen molar-refractivity contribution >= 4 is 11.9 Å². The number of carboxylic acids is 1. The van der Waals surface area contributed by atoms with E-state index in [0.29, 0.717) is 112 Å². The lowest BCUT2D eigenvalue weighted by Gasteiger charge is -2.09. The van der Waals surface area contributed by atoms with Gasteiger partial charge in [0, 0.05) is 13.0 Å². The van der Waals surface area contributed by atoms with E-state index in [1.807, 2.05) is 0 Å². The van der Waals surface area contributed by atoms with E-state index in [1.165, 1.54) is 0 Å². The SMILES string of the molecule is O=C(O)CCC(=O)NCCOCCOCCOCCOCCOCCOCCOCCOCCO. The Labute approximate surface area is 207 Å². The van der Waals surface area contributed by atoms with Gasteiger partial charge in [0.1, 0.15) is 0 Å². The van der Waals surface area contributed by atoms with Gasteiger partial charge in [-0.2, -0.15) is 0 Å². The monoisotopic (exact) mass is 513 g/mol. The van der Waals surface area contributed by atoms with E-state index in [9.17, 15) is 9.59 Å². The minimum Gasteiger partial charge on any atom is -0.481 e. The summed E-state index contributed by atoms with van der Waals surface area (Å²) >= 11 is 0. The zero-order chi connectivity index (χ0) is 25.7. The minimum atomic E-state index is -0.995. The number of hydrogen-bond acceptors (Lipinski definition) is 11. The molecular weight excluding hydrogens is 470 g/mol. The number of ether oxygens (including phenoxy) is 8. The summed E-state index contributed by atoms with van der Waals surface area (Å²) in [5.74, 6) is -1.30. The molecule has 0 atom stereocenters. The van der Waals surface area contributed by atoms with Crippen molar-refractivity contribution in [3.63, 3.8) is 0 Å². The molecule has 3 N–H and O–H groups in total. The fourth-order valence-electron chi connectivity index (χ4n) is 2.28. The van der Waals surface area contributed by atoms with Gasteiger partial charge >= 0.3 is 5.97 Å². The van der Waals surface area contributed by atoms with Crippen LogP contribution in [0.3, 0.4) is 0 Å². The highest BCUT2D eigenvalue weighted by molar-refractivity contribution is 5.80. The molecule has 0 aliphatic heterocycles. The van der Waals surface area contributed by atoms with E-state index < -0.39 is 5.97 Å². The van der Waals surface area contributed by atoms with Gasteiger partial charge in [0.05, 0.1) is 119 Å². The molecule has 0 aliphatic rings. The molecule has 0 aromatic heterocycles. The Balaban J connectivity index is 3.08. The second-order valence-electron chi connectivity index (χ2n) is 6.87. The Hall–Kier alpha value is -1.42. The van der Waals surface area contributed by atoms with Gasteiger partial charge in [0.25, 0.3) is 0 Å². The van der Waals surface area contributed by atoms with Crippen molar-refractivity contribution < 1.29 is 57.7 Å². The van der Waals surface area contributed by atoms with E-state index in [0.717, 1.165) is 0 Å². The fourth-order valence-corrected chi connectivity index (χ4v) is 2.28. The minimum absolute atomic E-state index is 0.0175. The summed E-state index contributed by atoms with van der Waals surface area (Å²) in [6.07, 6.45) is -0.210. The average Bonchev–Trinajstić information content (AvgIpc) is 2.85. The maximum atomic E-state index is 11.3. The number of hydrogen-bond donors (Lipinski definition) is 3. The summed E-state index contributed by atoms with van der Waals surface area (Å²) in [5, 5.41) is 19.6. The lowest BCUT2D eigenvalue weighted by atomic mass is 10.3. The first kappa shape index (κ1) is 33.6. The quantitative estimate of drug-likeness (QED) is 0.106. The van der Waals surface area contributed by atoms with Crippen LogP contribution in [0.4, 0.5) is 0 Å². The molecule has 0 bridgehead atoms. The first-order valence-corrected chi connectivity index (χ1v) is 11.9. The van der Waals surface area contributed by atoms with Crippen LogP contribution in [-0.2, 0) is 47.5 Å². The summed E-state index contributed by atoms with van der Waals surface area (Å²) in [4.78, 5) is 21.6. The summed E-state index contributed by atoms with van der Waals surface area (Å²) in [5.41, 5.74) is 0. The topological polar surface area (TPSA) is 160 Å². The first-order valence-electron chi connectivity index (χ1n) is 11.9. The van der Waals surface area contributed by atoms with E-state index in [4.69, 9.17) is 48.1 Å². The van der Waals surface area contributed by atoms with E-state index >= 15 is 0 Å². The highest BCUT2D eigenvalue weighted by Gasteiger charge is 2.04. The second kappa shape index (κ2) is 28.8. The summed E-state index contributed by atoms with van der Waals surface area (Å²) < 4.78 is 42.6. The molecule has 1 amide bonds. The van der Waals surface area contributed by atoms with Gasteiger partial charge in [-0.15, -0.1) is 0 Å². The number of aliphatic carboxylic acids is 1. The van der Waals surface area contributed by atoms with Crippen LogP contribution < -0.4 is 5.32 Å². The first-order chi connectivity index (χ1) is 17.2. The number of aliphatic hydroxyl groups excluding tert-OH is 1. The van der Waals surface area contributed by atoms with Crippen LogP contribution in [0.1, 0.15) is 12.8 Å². The van der Waals surface area contributed by atoms with Gasteiger partial charge in [-0.1, -0.05) is 0 Å². The van der Waals surface area contributed by atoms with Crippen molar-refractivity contribution in [1.29, 1.82) is 0 Å². The number of carbonyl (C=O) groups is 2. The summed E-state index contributed by atoms with van der Waals surface area (Å²) in [6, 6.07) is 0. The molecule has 0 unspecified atom stereocenters. The average molecular weight is 514 g/mol. The third kappa shape index (κ3) is 30.5. The van der Waals surface area contributed by atoms with Gasteiger partial charge in [-0.05, 0) is 0 Å². The maximum Gasteiger partial charge on any atom is 0.303 e. The molecule has 13 nitrogen and oxygen atoms in total. The molecule has 0 spiro atoms. The van der Waals surface area contributed by atoms with Crippen molar-refractivity contribution in [2.24, 2.45) is 0 Å². The molecule has 13 heteroatoms. The molecule has 0 radical (unpaired) electrons. The third-order valence-corrected chi connectivity index (χ3v) is 3.97. The van der Waals surface area contributed by atoms with Crippen molar-refractivity contribution in [1.82, 2.24) is 5.32 Å². The zero-order valence-electron chi connectivity index (χ0n) is 20.6. The standard InChI is InChI=1S/C22H43NO12/c24-4-6-29-8-10-31-12-14-33-16-18-35-20-19-34-17-15-32-13-11-30-9-7-28-5-3-23-21(25)1-2-22(26)27/h24H,1-20H2,(H,23,25)(H,26,27). The molecule has 0 aromatic carbocycles. The Morgan fingerprint density at radius 3 is 1.11 bits per heavy atom. The second-order valence-corrected chi connectivity index (χ2v) is 6.87. The largest absolute Gasteiger partial charge is 0.481 e. The van der Waals surface area contributed by atoms with Gasteiger partial charge in [-0.3, -0.25) is 9.59 Å². The van der Waals surface area contributed by atoms with Gasteiger partial charge < -0.3 is 53.4 Å². The predicted molar refractivity (Wildman–Crippen MR) is 124 cm³/mol. The number of nitrogens with one attached hydrogen (secondary N) is 1. The van der Waals surface area contributed by atoms with Crippen LogP contribution in [0.25, 0.3) is 0 Å². The molecule has 0 heterocycles. The molecule has 0 aliphatic carbocycles. The van der Waals surface area contributed by atoms with Crippen LogP contribution >= 0.6 is 0 Å². The fraction of sp³-hybridized carbons (Fsp3) is 0.909. The molecule has 208 valence electrons. The summed E-state index contributed by atoms with van der Waals surface area (Å²) in [7, 11) is 0. The normalized spacial score (nSPS) is 11.1. The number of aliphatic hydroxyl groups is 1. The highest BCUT2D eigenvalue weighted by Crippen LogP contribution is 1.88. The number of carboxylic acid groups (broad SMARTS) is 1. The van der Waals surface area contributed by atoms with Crippen LogP contribution in [0.15, 0.2) is 0 Å². The number of amides is 1. The van der Waals surface area contributed by atoms with Crippen molar-refractivity contribution in [2.75, 3.05) is 119 Å². The Morgan fingerprint density at radius 2 is 0.800 bits per heavy atom. The van der Waals surface area contributed by atoms with E-state index in [-0.39, 0.29) is 25.4 Å². The molecule has 0 fully saturated rings. The van der Waals surface area contributed by atoms with Gasteiger partial charge in [0.15, 0.2) is 0 Å². The maximum absolute atomic E-state index is 11.3. The lowest BCUT2D eigenvalue weighted by Crippen LogP contribution is -2.27. The van der Waals surface area contributed by atoms with Crippen LogP contribution in [0.2, 0.25) is 0 Å². The number of rotatable bonds is 29. The van der Waals surface area contributed by atoms with Crippen molar-refractivity contribution in [3.8, 4) is 0 Å². The van der Waals surface area contributed by atoms with Crippen molar-refractivity contribution in [3.05, 3.63) is 0 Å². The van der Waals surface area contributed by atoms with Crippen LogP contribution in [0, 0.1) is 0 Å². The molecule has 0 saturated carbocycles. The molecule has 0 saturated heterocycles. The third-order valence-electron chi connectivity index (χ3n) is 3.97. The van der Waals surface area contributed by atoms with Gasteiger partial charge in [0.2, 0.25) is 5.91 Å². The Kier molecular flexibility index (Phi) is 27.6. The molecule has 35 heavy (non-hydrogen) atoms. The van der Waals surface area contributed by atoms with Crippen LogP contribution in [-0.4, -0.2) is 141 Å². The Morgan fingerprint density at radius 1 is 0.486 bits per heavy atom. The smallest absolute Gasteiger partial charge is 0.303 e. The number of carbonyl (C=O) groups excluding carboxylic acids is 1. The van der Waals surface area contributed by atoms with Crippen molar-refractivity contribution in [2.45, 2.75) is 12.8 Å². The zero-order valence-corrected chi connectivity index (χ0v) is 20.6. The van der Waals surface area contributed by atoms with E-state index in [2.05, 4.69) is 5.32 Å². The summed E-state index contributed by atoms with van der Waals surface area (Å²) in [6.45, 7) is 7.54. The molecular formula is C22H43NO12. The molecule has 0 aromatic rings. The Bertz CT molecular complexity index is 470. The van der Waals surface area contributed by atoms with Crippen LogP contribution in [0.5, 0.6) is 0 Å². The van der Waals surface area contributed by atoms with E-state index in [1.54, 1.807) is 0 Å². The predicted octanol–water partition coefficient (Wildman–Crippen LogP) is -0.907. The highest BCUT2D eigenvalue weighted by atomic mass is 16.6.